The largest absolute Gasteiger partial charge is 0.385 e. The Morgan fingerprint density at radius 2 is 2.67 bits per heavy atom. The average molecular weight is 166 g/mol. The molecule has 1 unspecified atom stereocenters. The lowest BCUT2D eigenvalue weighted by molar-refractivity contribution is 0.268. The fourth-order valence-corrected chi connectivity index (χ4v) is 1.71. The highest BCUT2D eigenvalue weighted by Gasteiger charge is 2.14. The lowest BCUT2D eigenvalue weighted by Gasteiger charge is -2.02. The minimum atomic E-state index is -0.529. The summed E-state index contributed by atoms with van der Waals surface area (Å²) >= 11 is 6.98. The number of thioether (sulfide) groups is 1. The number of rotatable bonds is 2. The SMILES string of the molecule is OC(CCl)C1=NCCS1. The van der Waals surface area contributed by atoms with E-state index in [1.807, 2.05) is 0 Å². The van der Waals surface area contributed by atoms with Crippen LogP contribution in [0.2, 0.25) is 0 Å². The van der Waals surface area contributed by atoms with Crippen LogP contribution in [0.3, 0.4) is 0 Å². The van der Waals surface area contributed by atoms with Gasteiger partial charge in [0.15, 0.2) is 0 Å². The number of halogens is 1. The van der Waals surface area contributed by atoms with Crippen LogP contribution in [-0.2, 0) is 0 Å². The molecule has 1 heterocycles. The molecular weight excluding hydrogens is 158 g/mol. The van der Waals surface area contributed by atoms with Gasteiger partial charge < -0.3 is 5.11 Å². The third-order valence-electron chi connectivity index (χ3n) is 1.04. The number of alkyl halides is 1. The lowest BCUT2D eigenvalue weighted by atomic mass is 10.4. The summed E-state index contributed by atoms with van der Waals surface area (Å²) in [6.45, 7) is 0.827. The molecule has 9 heavy (non-hydrogen) atoms. The highest BCUT2D eigenvalue weighted by atomic mass is 35.5. The summed E-state index contributed by atoms with van der Waals surface area (Å²) in [5.41, 5.74) is 0. The Kier molecular flexibility index (Phi) is 2.82. The van der Waals surface area contributed by atoms with E-state index in [2.05, 4.69) is 4.99 Å². The molecule has 0 saturated carbocycles. The minimum absolute atomic E-state index is 0.256. The van der Waals surface area contributed by atoms with Crippen molar-refractivity contribution in [1.29, 1.82) is 0 Å². The van der Waals surface area contributed by atoms with Crippen molar-refractivity contribution in [2.45, 2.75) is 6.10 Å². The molecule has 0 aromatic rings. The van der Waals surface area contributed by atoms with Gasteiger partial charge in [-0.2, -0.15) is 0 Å². The van der Waals surface area contributed by atoms with Gasteiger partial charge in [-0.05, 0) is 0 Å². The lowest BCUT2D eigenvalue weighted by Crippen LogP contribution is -2.17. The van der Waals surface area contributed by atoms with E-state index in [4.69, 9.17) is 16.7 Å². The van der Waals surface area contributed by atoms with E-state index in [1.54, 1.807) is 11.8 Å². The molecule has 0 fully saturated rings. The average Bonchev–Trinajstić information content (AvgIpc) is 2.37. The summed E-state index contributed by atoms with van der Waals surface area (Å²) in [5, 5.41) is 9.87. The molecule has 0 amide bonds. The predicted molar refractivity (Wildman–Crippen MR) is 41.5 cm³/mol. The van der Waals surface area contributed by atoms with E-state index in [1.165, 1.54) is 0 Å². The van der Waals surface area contributed by atoms with Crippen molar-refractivity contribution in [2.24, 2.45) is 4.99 Å². The Morgan fingerprint density at radius 3 is 3.11 bits per heavy atom. The Hall–Kier alpha value is 0.270. The monoisotopic (exact) mass is 165 g/mol. The van der Waals surface area contributed by atoms with Crippen molar-refractivity contribution in [1.82, 2.24) is 0 Å². The van der Waals surface area contributed by atoms with Crippen molar-refractivity contribution in [3.05, 3.63) is 0 Å². The first kappa shape index (κ1) is 7.38. The van der Waals surface area contributed by atoms with Crippen molar-refractivity contribution >= 4 is 28.4 Å². The molecule has 1 aliphatic rings. The molecule has 1 aliphatic heterocycles. The summed E-state index contributed by atoms with van der Waals surface area (Å²) in [6, 6.07) is 0. The van der Waals surface area contributed by atoms with Crippen LogP contribution in [0.15, 0.2) is 4.99 Å². The molecule has 2 nitrogen and oxygen atoms in total. The van der Waals surface area contributed by atoms with Gasteiger partial charge in [-0.25, -0.2) is 0 Å². The highest BCUT2D eigenvalue weighted by Crippen LogP contribution is 2.14. The number of aliphatic hydroxyl groups is 1. The molecule has 0 aromatic carbocycles. The van der Waals surface area contributed by atoms with E-state index < -0.39 is 6.10 Å². The van der Waals surface area contributed by atoms with Crippen LogP contribution < -0.4 is 0 Å². The Bertz CT molecular complexity index is 128. The van der Waals surface area contributed by atoms with Crippen LogP contribution in [0, 0.1) is 0 Å². The third-order valence-corrected chi connectivity index (χ3v) is 2.42. The molecule has 0 spiro atoms. The molecule has 1 atom stereocenters. The maximum atomic E-state index is 9.07. The summed E-state index contributed by atoms with van der Waals surface area (Å²) in [4.78, 5) is 4.05. The van der Waals surface area contributed by atoms with E-state index in [0.717, 1.165) is 17.3 Å². The van der Waals surface area contributed by atoms with Gasteiger partial charge in [0, 0.05) is 12.3 Å². The van der Waals surface area contributed by atoms with Crippen LogP contribution in [-0.4, -0.2) is 34.4 Å². The molecule has 4 heteroatoms. The van der Waals surface area contributed by atoms with Gasteiger partial charge in [0.1, 0.15) is 6.10 Å². The highest BCUT2D eigenvalue weighted by molar-refractivity contribution is 8.14. The molecule has 0 aliphatic carbocycles. The summed E-state index contributed by atoms with van der Waals surface area (Å²) in [7, 11) is 0. The number of aliphatic imine (C=N–C) groups is 1. The summed E-state index contributed by atoms with van der Waals surface area (Å²) in [6.07, 6.45) is -0.529. The van der Waals surface area contributed by atoms with Gasteiger partial charge >= 0.3 is 0 Å². The zero-order valence-corrected chi connectivity index (χ0v) is 6.45. The zero-order valence-electron chi connectivity index (χ0n) is 4.88. The van der Waals surface area contributed by atoms with Crippen molar-refractivity contribution < 1.29 is 5.11 Å². The first-order valence-electron chi connectivity index (χ1n) is 2.76. The molecule has 52 valence electrons. The molecule has 1 N–H and O–H groups in total. The van der Waals surface area contributed by atoms with Crippen molar-refractivity contribution in [3.8, 4) is 0 Å². The fourth-order valence-electron chi connectivity index (χ4n) is 0.619. The second kappa shape index (κ2) is 3.44. The third kappa shape index (κ3) is 1.85. The van der Waals surface area contributed by atoms with Crippen LogP contribution in [0.5, 0.6) is 0 Å². The molecule has 0 saturated heterocycles. The normalized spacial score (nSPS) is 21.8. The predicted octanol–water partition coefficient (Wildman–Crippen LogP) is 0.731. The van der Waals surface area contributed by atoms with Crippen LogP contribution in [0.4, 0.5) is 0 Å². The number of nitrogens with zero attached hydrogens (tertiary/aromatic N) is 1. The molecule has 1 rings (SSSR count). The van der Waals surface area contributed by atoms with Gasteiger partial charge in [-0.1, -0.05) is 0 Å². The standard InChI is InChI=1S/C5H8ClNOS/c6-3-4(8)5-7-1-2-9-5/h4,8H,1-3H2. The van der Waals surface area contributed by atoms with E-state index >= 15 is 0 Å². The second-order valence-electron chi connectivity index (χ2n) is 1.74. The molecule has 0 bridgehead atoms. The summed E-state index contributed by atoms with van der Waals surface area (Å²) < 4.78 is 0. The smallest absolute Gasteiger partial charge is 0.115 e. The summed E-state index contributed by atoms with van der Waals surface area (Å²) in [5.74, 6) is 1.25. The Balaban J connectivity index is 2.40. The van der Waals surface area contributed by atoms with Crippen molar-refractivity contribution in [2.75, 3.05) is 18.2 Å². The second-order valence-corrected chi connectivity index (χ2v) is 3.16. The Labute approximate surface area is 63.3 Å². The minimum Gasteiger partial charge on any atom is -0.385 e. The maximum Gasteiger partial charge on any atom is 0.115 e. The molecular formula is C5H8ClNOS. The van der Waals surface area contributed by atoms with Crippen LogP contribution in [0.1, 0.15) is 0 Å². The number of hydrogen-bond donors (Lipinski definition) is 1. The van der Waals surface area contributed by atoms with Gasteiger partial charge in [0.25, 0.3) is 0 Å². The van der Waals surface area contributed by atoms with E-state index in [9.17, 15) is 0 Å². The topological polar surface area (TPSA) is 32.6 Å². The first-order valence-corrected chi connectivity index (χ1v) is 4.28. The molecule has 0 radical (unpaired) electrons. The quantitative estimate of drug-likeness (QED) is 0.612. The van der Waals surface area contributed by atoms with E-state index in [0.29, 0.717) is 0 Å². The number of aliphatic hydroxyl groups excluding tert-OH is 1. The van der Waals surface area contributed by atoms with E-state index in [-0.39, 0.29) is 5.88 Å². The first-order chi connectivity index (χ1) is 4.34. The maximum absolute atomic E-state index is 9.07. The van der Waals surface area contributed by atoms with Crippen molar-refractivity contribution in [3.63, 3.8) is 0 Å². The van der Waals surface area contributed by atoms with Crippen LogP contribution in [0.25, 0.3) is 0 Å². The van der Waals surface area contributed by atoms with Crippen LogP contribution >= 0.6 is 23.4 Å². The number of hydrogen-bond acceptors (Lipinski definition) is 3. The van der Waals surface area contributed by atoms with Gasteiger partial charge in [0.05, 0.1) is 10.9 Å². The Morgan fingerprint density at radius 1 is 1.89 bits per heavy atom. The van der Waals surface area contributed by atoms with Gasteiger partial charge in [-0.15, -0.1) is 23.4 Å². The fraction of sp³-hybridized carbons (Fsp3) is 0.800. The van der Waals surface area contributed by atoms with Gasteiger partial charge in [0.2, 0.25) is 0 Å². The molecule has 0 aromatic heterocycles. The zero-order chi connectivity index (χ0) is 6.69. The van der Waals surface area contributed by atoms with Gasteiger partial charge in [-0.3, -0.25) is 4.99 Å².